The summed E-state index contributed by atoms with van der Waals surface area (Å²) in [5.41, 5.74) is 6.92. The Morgan fingerprint density at radius 3 is 2.94 bits per heavy atom. The van der Waals surface area contributed by atoms with Gasteiger partial charge in [0.2, 0.25) is 0 Å². The molecule has 1 heterocycles. The number of halogens is 1. The van der Waals surface area contributed by atoms with Gasteiger partial charge in [-0.05, 0) is 30.7 Å². The number of H-pyrrole nitrogens is 1. The Kier molecular flexibility index (Phi) is 2.66. The van der Waals surface area contributed by atoms with Crippen molar-refractivity contribution < 1.29 is 4.39 Å². The zero-order valence-corrected chi connectivity index (χ0v) is 9.08. The van der Waals surface area contributed by atoms with Gasteiger partial charge in [-0.3, -0.25) is 5.10 Å². The lowest BCUT2D eigenvalue weighted by atomic mass is 10.2. The third-order valence-corrected chi connectivity index (χ3v) is 2.33. The molecule has 0 amide bonds. The lowest BCUT2D eigenvalue weighted by Gasteiger charge is -2.04. The Bertz CT molecular complexity index is 596. The Balaban J connectivity index is 2.32. The highest BCUT2D eigenvalue weighted by Gasteiger charge is 2.10. The van der Waals surface area contributed by atoms with Crippen LogP contribution >= 0.6 is 0 Å². The van der Waals surface area contributed by atoms with Gasteiger partial charge in [0.25, 0.3) is 0 Å². The van der Waals surface area contributed by atoms with Crippen LogP contribution in [0.25, 0.3) is 0 Å². The fourth-order valence-electron chi connectivity index (χ4n) is 1.42. The number of nitrogens with two attached hydrogens (primary N) is 1. The molecule has 6 heteroatoms. The van der Waals surface area contributed by atoms with E-state index in [2.05, 4.69) is 15.5 Å². The molecule has 0 radical (unpaired) electrons. The zero-order chi connectivity index (χ0) is 12.4. The van der Waals surface area contributed by atoms with Gasteiger partial charge in [0.15, 0.2) is 5.82 Å². The molecule has 0 fully saturated rings. The van der Waals surface area contributed by atoms with Crippen molar-refractivity contribution >= 4 is 17.3 Å². The summed E-state index contributed by atoms with van der Waals surface area (Å²) in [5.74, 6) is 0.252. The average Bonchev–Trinajstić information content (AvgIpc) is 2.64. The van der Waals surface area contributed by atoms with Crippen molar-refractivity contribution in [2.24, 2.45) is 0 Å². The number of hydrogen-bond donors (Lipinski definition) is 3. The van der Waals surface area contributed by atoms with Crippen LogP contribution in [-0.4, -0.2) is 10.2 Å². The molecule has 2 rings (SSSR count). The molecule has 2 aromatic rings. The van der Waals surface area contributed by atoms with Crippen LogP contribution in [0.3, 0.4) is 0 Å². The minimum absolute atomic E-state index is 0.203. The molecule has 5 nitrogen and oxygen atoms in total. The summed E-state index contributed by atoms with van der Waals surface area (Å²) < 4.78 is 13.1. The average molecular weight is 231 g/mol. The van der Waals surface area contributed by atoms with Crippen molar-refractivity contribution in [2.45, 2.75) is 6.92 Å². The van der Waals surface area contributed by atoms with Crippen molar-refractivity contribution in [3.63, 3.8) is 0 Å². The molecule has 17 heavy (non-hydrogen) atoms. The molecule has 0 aliphatic rings. The van der Waals surface area contributed by atoms with Gasteiger partial charge in [0.05, 0.1) is 0 Å². The number of anilines is 3. The summed E-state index contributed by atoms with van der Waals surface area (Å²) in [4.78, 5) is 0. The molecule has 0 aliphatic heterocycles. The maximum atomic E-state index is 13.1. The van der Waals surface area contributed by atoms with Crippen LogP contribution in [0.2, 0.25) is 0 Å². The number of rotatable bonds is 2. The molecule has 86 valence electrons. The molecule has 0 spiro atoms. The van der Waals surface area contributed by atoms with Crippen molar-refractivity contribution in [3.05, 3.63) is 35.1 Å². The quantitative estimate of drug-likeness (QED) is 0.737. The van der Waals surface area contributed by atoms with Crippen LogP contribution in [0.4, 0.5) is 21.7 Å². The van der Waals surface area contributed by atoms with Gasteiger partial charge in [-0.25, -0.2) is 4.39 Å². The second-order valence-electron chi connectivity index (χ2n) is 3.56. The molecule has 1 aromatic heterocycles. The van der Waals surface area contributed by atoms with Gasteiger partial charge in [-0.1, -0.05) is 0 Å². The molecular weight excluding hydrogens is 221 g/mol. The summed E-state index contributed by atoms with van der Waals surface area (Å²) in [6.07, 6.45) is 0. The second kappa shape index (κ2) is 4.14. The van der Waals surface area contributed by atoms with Crippen LogP contribution in [0.1, 0.15) is 11.1 Å². The van der Waals surface area contributed by atoms with E-state index in [9.17, 15) is 4.39 Å². The normalized spacial score (nSPS) is 9.94. The number of benzene rings is 1. The maximum absolute atomic E-state index is 13.1. The van der Waals surface area contributed by atoms with Crippen LogP contribution in [-0.2, 0) is 0 Å². The largest absolute Gasteiger partial charge is 0.383 e. The molecule has 4 N–H and O–H groups in total. The smallest absolute Gasteiger partial charge is 0.172 e. The molecule has 0 saturated heterocycles. The Morgan fingerprint density at radius 1 is 1.53 bits per heavy atom. The highest BCUT2D eigenvalue weighted by Crippen LogP contribution is 2.22. The summed E-state index contributed by atoms with van der Waals surface area (Å²) in [7, 11) is 0. The molecular formula is C11H10FN5. The van der Waals surface area contributed by atoms with Crippen molar-refractivity contribution in [3.8, 4) is 6.07 Å². The predicted molar refractivity (Wildman–Crippen MR) is 62.1 cm³/mol. The number of aromatic amines is 1. The van der Waals surface area contributed by atoms with Gasteiger partial charge in [0, 0.05) is 5.69 Å². The monoisotopic (exact) mass is 231 g/mol. The van der Waals surface area contributed by atoms with Crippen LogP contribution < -0.4 is 11.1 Å². The Hall–Kier alpha value is -2.55. The lowest BCUT2D eigenvalue weighted by Crippen LogP contribution is -1.95. The third kappa shape index (κ3) is 2.03. The standard InChI is InChI=1S/C11H10FN5/c1-6-4-7(2-3-9(6)12)15-11-8(5-13)10(14)16-17-11/h2-4H,1H3,(H4,14,15,16,17). The number of hydrogen-bond acceptors (Lipinski definition) is 4. The van der Waals surface area contributed by atoms with Crippen LogP contribution in [0, 0.1) is 24.1 Å². The molecule has 0 bridgehead atoms. The number of aromatic nitrogens is 2. The fourth-order valence-corrected chi connectivity index (χ4v) is 1.42. The highest BCUT2D eigenvalue weighted by molar-refractivity contribution is 5.69. The first kappa shape index (κ1) is 11.0. The van der Waals surface area contributed by atoms with E-state index in [0.29, 0.717) is 17.1 Å². The van der Waals surface area contributed by atoms with E-state index in [0.717, 1.165) is 0 Å². The summed E-state index contributed by atoms with van der Waals surface area (Å²) in [6.45, 7) is 1.66. The summed E-state index contributed by atoms with van der Waals surface area (Å²) >= 11 is 0. The van der Waals surface area contributed by atoms with Crippen LogP contribution in [0.5, 0.6) is 0 Å². The van der Waals surface area contributed by atoms with E-state index in [1.54, 1.807) is 19.1 Å². The fraction of sp³-hybridized carbons (Fsp3) is 0.0909. The SMILES string of the molecule is Cc1cc(Nc2n[nH]c(N)c2C#N)ccc1F. The first-order chi connectivity index (χ1) is 8.11. The lowest BCUT2D eigenvalue weighted by molar-refractivity contribution is 0.619. The molecule has 0 aliphatic carbocycles. The minimum atomic E-state index is -0.280. The summed E-state index contributed by atoms with van der Waals surface area (Å²) in [6, 6.07) is 6.47. The van der Waals surface area contributed by atoms with E-state index < -0.39 is 0 Å². The number of nitrogen functional groups attached to an aromatic ring is 1. The molecule has 0 saturated carbocycles. The predicted octanol–water partition coefficient (Wildman–Crippen LogP) is 2.05. The third-order valence-electron chi connectivity index (χ3n) is 2.33. The van der Waals surface area contributed by atoms with E-state index in [4.69, 9.17) is 11.0 Å². The minimum Gasteiger partial charge on any atom is -0.383 e. The number of nitriles is 1. The van der Waals surface area contributed by atoms with E-state index in [1.165, 1.54) is 6.07 Å². The highest BCUT2D eigenvalue weighted by atomic mass is 19.1. The van der Waals surface area contributed by atoms with Crippen LogP contribution in [0.15, 0.2) is 18.2 Å². The van der Waals surface area contributed by atoms with E-state index >= 15 is 0 Å². The van der Waals surface area contributed by atoms with E-state index in [-0.39, 0.29) is 17.2 Å². The molecule has 0 unspecified atom stereocenters. The first-order valence-electron chi connectivity index (χ1n) is 4.89. The summed E-state index contributed by atoms with van der Waals surface area (Å²) in [5, 5.41) is 18.1. The van der Waals surface area contributed by atoms with Gasteiger partial charge in [-0.2, -0.15) is 10.4 Å². The second-order valence-corrected chi connectivity index (χ2v) is 3.56. The number of aryl methyl sites for hydroxylation is 1. The Labute approximate surface area is 97.1 Å². The zero-order valence-electron chi connectivity index (χ0n) is 9.08. The topological polar surface area (TPSA) is 90.5 Å². The number of nitrogens with zero attached hydrogens (tertiary/aromatic N) is 2. The van der Waals surface area contributed by atoms with Crippen molar-refractivity contribution in [2.75, 3.05) is 11.1 Å². The van der Waals surface area contributed by atoms with Gasteiger partial charge >= 0.3 is 0 Å². The van der Waals surface area contributed by atoms with Gasteiger partial charge in [0.1, 0.15) is 23.3 Å². The van der Waals surface area contributed by atoms with Gasteiger partial charge in [-0.15, -0.1) is 0 Å². The van der Waals surface area contributed by atoms with E-state index in [1.807, 2.05) is 6.07 Å². The first-order valence-corrected chi connectivity index (χ1v) is 4.89. The van der Waals surface area contributed by atoms with Crippen molar-refractivity contribution in [1.82, 2.24) is 10.2 Å². The maximum Gasteiger partial charge on any atom is 0.172 e. The number of nitrogens with one attached hydrogen (secondary N) is 2. The van der Waals surface area contributed by atoms with Crippen molar-refractivity contribution in [1.29, 1.82) is 5.26 Å². The molecule has 1 aromatic carbocycles. The molecule has 0 atom stereocenters. The van der Waals surface area contributed by atoms with Gasteiger partial charge < -0.3 is 11.1 Å². The Morgan fingerprint density at radius 2 is 2.29 bits per heavy atom.